The smallest absolute Gasteiger partial charge is 0.271 e. The molecule has 30 heavy (non-hydrogen) atoms. The Labute approximate surface area is 168 Å². The molecular formula is C19H16F2N6O3. The van der Waals surface area contributed by atoms with E-state index in [1.807, 2.05) is 0 Å². The molecule has 0 aliphatic carbocycles. The van der Waals surface area contributed by atoms with E-state index >= 15 is 0 Å². The number of aromatic nitrogens is 5. The lowest BCUT2D eigenvalue weighted by molar-refractivity contribution is -0.384. The van der Waals surface area contributed by atoms with Crippen molar-refractivity contribution in [3.63, 3.8) is 0 Å². The summed E-state index contributed by atoms with van der Waals surface area (Å²) in [5.41, 5.74) is -1.81. The molecule has 1 N–H and O–H groups in total. The summed E-state index contributed by atoms with van der Waals surface area (Å²) in [6.45, 7) is 1.42. The van der Waals surface area contributed by atoms with Gasteiger partial charge >= 0.3 is 0 Å². The molecule has 0 saturated heterocycles. The first kappa shape index (κ1) is 19.6. The molecule has 0 aliphatic heterocycles. The van der Waals surface area contributed by atoms with E-state index in [4.69, 9.17) is 0 Å². The van der Waals surface area contributed by atoms with Crippen LogP contribution in [0, 0.1) is 21.7 Å². The van der Waals surface area contributed by atoms with Crippen LogP contribution in [0.3, 0.4) is 0 Å². The van der Waals surface area contributed by atoms with Crippen LogP contribution in [0.25, 0.3) is 10.9 Å². The monoisotopic (exact) mass is 414 g/mol. The summed E-state index contributed by atoms with van der Waals surface area (Å²) in [6, 6.07) is 6.27. The fourth-order valence-electron chi connectivity index (χ4n) is 3.40. The van der Waals surface area contributed by atoms with Crippen LogP contribution >= 0.6 is 0 Å². The Morgan fingerprint density at radius 2 is 2.07 bits per heavy atom. The summed E-state index contributed by atoms with van der Waals surface area (Å²) in [6.07, 6.45) is 4.23. The van der Waals surface area contributed by atoms with Gasteiger partial charge in [0.05, 0.1) is 23.0 Å². The van der Waals surface area contributed by atoms with Crippen LogP contribution in [-0.4, -0.2) is 34.6 Å². The molecule has 0 fully saturated rings. The minimum atomic E-state index is -1.89. The average molecular weight is 414 g/mol. The zero-order valence-corrected chi connectivity index (χ0v) is 15.7. The van der Waals surface area contributed by atoms with Crippen molar-refractivity contribution in [3.05, 3.63) is 82.6 Å². The van der Waals surface area contributed by atoms with E-state index in [1.165, 1.54) is 40.2 Å². The first-order chi connectivity index (χ1) is 14.3. The number of benzene rings is 2. The van der Waals surface area contributed by atoms with Crippen LogP contribution in [0.4, 0.5) is 14.5 Å². The average Bonchev–Trinajstić information content (AvgIpc) is 3.35. The fourth-order valence-corrected chi connectivity index (χ4v) is 3.40. The lowest BCUT2D eigenvalue weighted by atomic mass is 9.86. The van der Waals surface area contributed by atoms with Gasteiger partial charge in [-0.2, -0.15) is 10.2 Å². The second kappa shape index (κ2) is 7.26. The van der Waals surface area contributed by atoms with E-state index in [9.17, 15) is 24.0 Å². The fraction of sp³-hybridized carbons (Fsp3) is 0.211. The Hall–Kier alpha value is -3.73. The van der Waals surface area contributed by atoms with Crippen molar-refractivity contribution < 1.29 is 18.8 Å². The molecule has 9 nitrogen and oxygen atoms in total. The Balaban J connectivity index is 1.82. The van der Waals surface area contributed by atoms with Gasteiger partial charge in [-0.15, -0.1) is 0 Å². The van der Waals surface area contributed by atoms with Gasteiger partial charge in [0.2, 0.25) is 0 Å². The molecule has 2 aromatic carbocycles. The SMILES string of the molecule is C[C@@H](n1cc2ccc([N+](=O)[O-])cc2n1)[C@](O)(Cn1cncn1)c1ccc(F)cc1F. The number of nitro groups is 1. The summed E-state index contributed by atoms with van der Waals surface area (Å²) in [5.74, 6) is -1.69. The lowest BCUT2D eigenvalue weighted by Gasteiger charge is -2.34. The van der Waals surface area contributed by atoms with Gasteiger partial charge in [-0.05, 0) is 19.1 Å². The van der Waals surface area contributed by atoms with Crippen LogP contribution in [0.15, 0.2) is 55.2 Å². The summed E-state index contributed by atoms with van der Waals surface area (Å²) < 4.78 is 30.8. The zero-order chi connectivity index (χ0) is 21.5. The third kappa shape index (κ3) is 3.39. The number of halogens is 2. The highest BCUT2D eigenvalue weighted by atomic mass is 19.1. The normalized spacial score (nSPS) is 14.5. The van der Waals surface area contributed by atoms with Crippen molar-refractivity contribution in [2.24, 2.45) is 0 Å². The Morgan fingerprint density at radius 3 is 2.73 bits per heavy atom. The molecule has 4 rings (SSSR count). The molecule has 0 unspecified atom stereocenters. The van der Waals surface area contributed by atoms with Gasteiger partial charge in [0.15, 0.2) is 0 Å². The number of non-ortho nitro benzene ring substituents is 1. The molecule has 2 heterocycles. The second-order valence-corrected chi connectivity index (χ2v) is 6.93. The van der Waals surface area contributed by atoms with E-state index in [1.54, 1.807) is 19.2 Å². The maximum Gasteiger partial charge on any atom is 0.271 e. The largest absolute Gasteiger partial charge is 0.381 e. The van der Waals surface area contributed by atoms with Crippen molar-refractivity contribution in [1.29, 1.82) is 0 Å². The minimum absolute atomic E-state index is 0.122. The highest BCUT2D eigenvalue weighted by Crippen LogP contribution is 2.37. The molecule has 0 bridgehead atoms. The molecule has 11 heteroatoms. The number of hydrogen-bond acceptors (Lipinski definition) is 6. The second-order valence-electron chi connectivity index (χ2n) is 6.93. The zero-order valence-electron chi connectivity index (χ0n) is 15.7. The van der Waals surface area contributed by atoms with E-state index in [2.05, 4.69) is 15.2 Å². The van der Waals surface area contributed by atoms with Gasteiger partial charge in [0, 0.05) is 35.3 Å². The molecule has 0 amide bonds. The summed E-state index contributed by atoms with van der Waals surface area (Å²) >= 11 is 0. The highest BCUT2D eigenvalue weighted by Gasteiger charge is 2.41. The third-order valence-electron chi connectivity index (χ3n) is 5.07. The van der Waals surface area contributed by atoms with Crippen molar-refractivity contribution in [3.8, 4) is 0 Å². The van der Waals surface area contributed by atoms with Gasteiger partial charge in [-0.25, -0.2) is 18.4 Å². The Morgan fingerprint density at radius 1 is 1.27 bits per heavy atom. The molecule has 4 aromatic rings. The van der Waals surface area contributed by atoms with E-state index in [-0.39, 0.29) is 17.8 Å². The number of aliphatic hydroxyl groups is 1. The van der Waals surface area contributed by atoms with Crippen LogP contribution in [0.5, 0.6) is 0 Å². The summed E-state index contributed by atoms with van der Waals surface area (Å²) in [5, 5.41) is 31.5. The predicted molar refractivity (Wildman–Crippen MR) is 101 cm³/mol. The summed E-state index contributed by atoms with van der Waals surface area (Å²) in [4.78, 5) is 14.3. The van der Waals surface area contributed by atoms with E-state index in [0.717, 1.165) is 6.07 Å². The molecule has 0 radical (unpaired) electrons. The number of rotatable bonds is 6. The van der Waals surface area contributed by atoms with Gasteiger partial charge in [0.1, 0.15) is 29.9 Å². The van der Waals surface area contributed by atoms with Gasteiger partial charge in [0.25, 0.3) is 5.69 Å². The van der Waals surface area contributed by atoms with Crippen LogP contribution in [0.2, 0.25) is 0 Å². The van der Waals surface area contributed by atoms with Crippen LogP contribution in [0.1, 0.15) is 18.5 Å². The topological polar surface area (TPSA) is 112 Å². The van der Waals surface area contributed by atoms with Crippen molar-refractivity contribution in [2.75, 3.05) is 0 Å². The van der Waals surface area contributed by atoms with Crippen molar-refractivity contribution in [2.45, 2.75) is 25.1 Å². The molecule has 0 saturated carbocycles. The third-order valence-corrected chi connectivity index (χ3v) is 5.07. The van der Waals surface area contributed by atoms with Crippen molar-refractivity contribution >= 4 is 16.6 Å². The van der Waals surface area contributed by atoms with Crippen LogP contribution < -0.4 is 0 Å². The summed E-state index contributed by atoms with van der Waals surface area (Å²) in [7, 11) is 0. The number of nitro benzene ring substituents is 1. The maximum absolute atomic E-state index is 14.6. The number of fused-ring (bicyclic) bond motifs is 1. The Bertz CT molecular complexity index is 1230. The lowest BCUT2D eigenvalue weighted by Crippen LogP contribution is -2.40. The molecule has 0 spiro atoms. The van der Waals surface area contributed by atoms with Crippen LogP contribution in [-0.2, 0) is 12.1 Å². The molecule has 154 valence electrons. The highest BCUT2D eigenvalue weighted by molar-refractivity contribution is 5.80. The first-order valence-electron chi connectivity index (χ1n) is 8.91. The minimum Gasteiger partial charge on any atom is -0.381 e. The molecular weight excluding hydrogens is 398 g/mol. The van der Waals surface area contributed by atoms with Gasteiger partial charge in [-0.3, -0.25) is 14.8 Å². The predicted octanol–water partition coefficient (Wildman–Crippen LogP) is 2.96. The quantitative estimate of drug-likeness (QED) is 0.384. The van der Waals surface area contributed by atoms with E-state index < -0.39 is 28.2 Å². The molecule has 0 aliphatic rings. The van der Waals surface area contributed by atoms with Gasteiger partial charge < -0.3 is 5.11 Å². The first-order valence-corrected chi connectivity index (χ1v) is 8.91. The molecule has 2 atom stereocenters. The number of hydrogen-bond donors (Lipinski definition) is 1. The standard InChI is InChI=1S/C19H16F2N6O3/c1-12(26-8-13-2-4-15(27(29)30)7-18(13)24-26)19(28,9-25-11-22-10-23-25)16-5-3-14(20)6-17(16)21/h2-8,10-12,28H,9H2,1H3/t12-,19-/m1/s1. The van der Waals surface area contributed by atoms with Gasteiger partial charge in [-0.1, -0.05) is 6.07 Å². The number of nitrogens with zero attached hydrogens (tertiary/aromatic N) is 6. The maximum atomic E-state index is 14.6. The van der Waals surface area contributed by atoms with E-state index in [0.29, 0.717) is 17.0 Å². The molecule has 2 aromatic heterocycles. The Kier molecular flexibility index (Phi) is 4.74. The van der Waals surface area contributed by atoms with Crippen molar-refractivity contribution in [1.82, 2.24) is 24.5 Å².